The van der Waals surface area contributed by atoms with Crippen LogP contribution in [0.3, 0.4) is 0 Å². The van der Waals surface area contributed by atoms with E-state index in [0.717, 1.165) is 11.1 Å². The molecule has 0 aliphatic carbocycles. The number of hydrogen-bond acceptors (Lipinski definition) is 3. The fourth-order valence-electron chi connectivity index (χ4n) is 2.11. The second kappa shape index (κ2) is 4.79. The van der Waals surface area contributed by atoms with Crippen molar-refractivity contribution in [1.29, 1.82) is 0 Å². The molecule has 0 aromatic heterocycles. The topological polar surface area (TPSA) is 29.1 Å². The molecule has 1 amide bonds. The third kappa shape index (κ3) is 2.29. The summed E-state index contributed by atoms with van der Waals surface area (Å²) in [6, 6.07) is 14.4. The van der Waals surface area contributed by atoms with E-state index < -0.39 is 0 Å². The summed E-state index contributed by atoms with van der Waals surface area (Å²) in [5.41, 5.74) is 2.02. The van der Waals surface area contributed by atoms with E-state index in [1.54, 1.807) is 0 Å². The molecule has 3 rings (SSSR count). The van der Waals surface area contributed by atoms with E-state index in [0.29, 0.717) is 9.23 Å². The maximum atomic E-state index is 11.8. The fourth-order valence-corrected chi connectivity index (χ4v) is 3.20. The molecule has 2 aromatic rings. The first kappa shape index (κ1) is 12.4. The van der Waals surface area contributed by atoms with E-state index >= 15 is 0 Å². The van der Waals surface area contributed by atoms with Gasteiger partial charge in [0, 0.05) is 0 Å². The van der Waals surface area contributed by atoms with Crippen LogP contribution in [0.1, 0.15) is 12.5 Å². The van der Waals surface area contributed by atoms with Crippen LogP contribution in [0, 0.1) is 0 Å². The summed E-state index contributed by atoms with van der Waals surface area (Å²) < 4.78 is 0.528. The predicted molar refractivity (Wildman–Crippen MR) is 84.9 cm³/mol. The minimum Gasteiger partial charge on any atom is -0.307 e. The Kier molecular flexibility index (Phi) is 3.12. The van der Waals surface area contributed by atoms with Crippen molar-refractivity contribution in [2.24, 2.45) is 0 Å². The smallest absolute Gasteiger partial charge is 0.263 e. The van der Waals surface area contributed by atoms with Crippen LogP contribution in [0.5, 0.6) is 0 Å². The highest BCUT2D eigenvalue weighted by Crippen LogP contribution is 2.32. The number of carbonyl (C=O) groups is 1. The minimum atomic E-state index is -0.0966. The molecule has 19 heavy (non-hydrogen) atoms. The molecule has 0 bridgehead atoms. The van der Waals surface area contributed by atoms with Crippen LogP contribution in [-0.2, 0) is 4.79 Å². The van der Waals surface area contributed by atoms with Crippen LogP contribution < -0.4 is 5.32 Å². The maximum absolute atomic E-state index is 11.8. The molecule has 1 N–H and O–H groups in total. The van der Waals surface area contributed by atoms with E-state index in [9.17, 15) is 4.79 Å². The number of rotatable bonds is 1. The van der Waals surface area contributed by atoms with Gasteiger partial charge in [-0.05, 0) is 34.9 Å². The highest BCUT2D eigenvalue weighted by Gasteiger charge is 2.24. The van der Waals surface area contributed by atoms with Gasteiger partial charge in [-0.3, -0.25) is 4.79 Å². The molecule has 4 heteroatoms. The Hall–Kier alpha value is -1.65. The first-order chi connectivity index (χ1) is 9.15. The van der Waals surface area contributed by atoms with Crippen molar-refractivity contribution in [2.45, 2.75) is 6.92 Å². The van der Waals surface area contributed by atoms with Crippen LogP contribution >= 0.6 is 24.0 Å². The van der Waals surface area contributed by atoms with E-state index in [-0.39, 0.29) is 5.91 Å². The van der Waals surface area contributed by atoms with Crippen LogP contribution in [0.15, 0.2) is 47.4 Å². The number of allylic oxidation sites excluding steroid dienone is 1. The lowest BCUT2D eigenvalue weighted by Crippen LogP contribution is -2.18. The highest BCUT2D eigenvalue weighted by molar-refractivity contribution is 8.26. The second-order valence-corrected chi connectivity index (χ2v) is 6.05. The predicted octanol–water partition coefficient (Wildman–Crippen LogP) is 3.72. The highest BCUT2D eigenvalue weighted by atomic mass is 32.2. The van der Waals surface area contributed by atoms with Gasteiger partial charge in [-0.1, -0.05) is 60.4 Å². The lowest BCUT2D eigenvalue weighted by Gasteiger charge is -2.06. The third-order valence-electron chi connectivity index (χ3n) is 3.14. The van der Waals surface area contributed by atoms with Crippen LogP contribution in [0.4, 0.5) is 0 Å². The van der Waals surface area contributed by atoms with Crippen molar-refractivity contribution >= 4 is 50.6 Å². The zero-order valence-corrected chi connectivity index (χ0v) is 11.9. The molecule has 1 aliphatic rings. The average Bonchev–Trinajstić information content (AvgIpc) is 2.76. The standard InChI is InChI=1S/C15H11NOS2/c1-9(13-14(17)16-15(18)19-13)11-7-6-10-4-2-3-5-12(10)8-11/h2-8H,1H3,(H,16,17,18)/b13-9+. The zero-order chi connectivity index (χ0) is 13.4. The number of amides is 1. The summed E-state index contributed by atoms with van der Waals surface area (Å²) in [4.78, 5) is 12.5. The van der Waals surface area contributed by atoms with Crippen molar-refractivity contribution in [1.82, 2.24) is 5.32 Å². The number of nitrogens with one attached hydrogen (secondary N) is 1. The molecule has 0 saturated carbocycles. The quantitative estimate of drug-likeness (QED) is 0.639. The van der Waals surface area contributed by atoms with Gasteiger partial charge in [-0.2, -0.15) is 0 Å². The normalized spacial score (nSPS) is 17.7. The van der Waals surface area contributed by atoms with Crippen molar-refractivity contribution < 1.29 is 4.79 Å². The van der Waals surface area contributed by atoms with Gasteiger partial charge in [-0.15, -0.1) is 0 Å². The first-order valence-corrected chi connectivity index (χ1v) is 7.11. The summed E-state index contributed by atoms with van der Waals surface area (Å²) in [5.74, 6) is -0.0966. The van der Waals surface area contributed by atoms with E-state index in [1.165, 1.54) is 22.5 Å². The Balaban J connectivity index is 2.11. The van der Waals surface area contributed by atoms with Gasteiger partial charge in [0.25, 0.3) is 5.91 Å². The van der Waals surface area contributed by atoms with Crippen molar-refractivity contribution in [2.75, 3.05) is 0 Å². The number of thiocarbonyl (C=S) groups is 1. The molecular formula is C15H11NOS2. The molecule has 2 aromatic carbocycles. The molecule has 94 valence electrons. The van der Waals surface area contributed by atoms with Crippen LogP contribution in [0.2, 0.25) is 0 Å². The van der Waals surface area contributed by atoms with Gasteiger partial charge in [0.2, 0.25) is 0 Å². The molecule has 1 fully saturated rings. The summed E-state index contributed by atoms with van der Waals surface area (Å²) in [7, 11) is 0. The van der Waals surface area contributed by atoms with E-state index in [4.69, 9.17) is 12.2 Å². The van der Waals surface area contributed by atoms with E-state index in [2.05, 4.69) is 29.6 Å². The largest absolute Gasteiger partial charge is 0.307 e. The molecule has 1 heterocycles. The molecule has 2 nitrogen and oxygen atoms in total. The second-order valence-electron chi connectivity index (χ2n) is 4.36. The van der Waals surface area contributed by atoms with Crippen LogP contribution in [0.25, 0.3) is 16.3 Å². The number of fused-ring (bicyclic) bond motifs is 1. The van der Waals surface area contributed by atoms with Crippen molar-refractivity contribution in [3.63, 3.8) is 0 Å². The average molecular weight is 285 g/mol. The molecular weight excluding hydrogens is 274 g/mol. The van der Waals surface area contributed by atoms with Gasteiger partial charge in [-0.25, -0.2) is 0 Å². The van der Waals surface area contributed by atoms with Crippen LogP contribution in [-0.4, -0.2) is 10.2 Å². The molecule has 0 spiro atoms. The monoisotopic (exact) mass is 285 g/mol. The van der Waals surface area contributed by atoms with Gasteiger partial charge in [0.05, 0.1) is 4.91 Å². The lowest BCUT2D eigenvalue weighted by atomic mass is 10.0. The first-order valence-electron chi connectivity index (χ1n) is 5.88. The SMILES string of the molecule is C/C(=C1\SC(=S)NC1=O)c1ccc2ccccc2c1. The van der Waals surface area contributed by atoms with Crippen molar-refractivity contribution in [3.8, 4) is 0 Å². The Bertz CT molecular complexity index is 734. The summed E-state index contributed by atoms with van der Waals surface area (Å²) >= 11 is 6.35. The fraction of sp³-hybridized carbons (Fsp3) is 0.0667. The minimum absolute atomic E-state index is 0.0966. The number of hydrogen-bond donors (Lipinski definition) is 1. The van der Waals surface area contributed by atoms with Crippen molar-refractivity contribution in [3.05, 3.63) is 52.9 Å². The Morgan fingerprint density at radius 2 is 1.89 bits per heavy atom. The maximum Gasteiger partial charge on any atom is 0.263 e. The Labute approximate surface area is 120 Å². The van der Waals surface area contributed by atoms with Gasteiger partial charge < -0.3 is 5.32 Å². The third-order valence-corrected chi connectivity index (χ3v) is 4.47. The molecule has 0 radical (unpaired) electrons. The number of carbonyl (C=O) groups excluding carboxylic acids is 1. The summed E-state index contributed by atoms with van der Waals surface area (Å²) in [6.45, 7) is 1.96. The molecule has 1 saturated heterocycles. The van der Waals surface area contributed by atoms with E-state index in [1.807, 2.05) is 25.1 Å². The van der Waals surface area contributed by atoms with Gasteiger partial charge >= 0.3 is 0 Å². The number of thioether (sulfide) groups is 1. The summed E-state index contributed by atoms with van der Waals surface area (Å²) in [5, 5.41) is 5.02. The zero-order valence-electron chi connectivity index (χ0n) is 10.3. The Morgan fingerprint density at radius 3 is 2.58 bits per heavy atom. The van der Waals surface area contributed by atoms with Gasteiger partial charge in [0.1, 0.15) is 4.32 Å². The van der Waals surface area contributed by atoms with Gasteiger partial charge in [0.15, 0.2) is 0 Å². The molecule has 1 aliphatic heterocycles. The molecule has 0 unspecified atom stereocenters. The summed E-state index contributed by atoms with van der Waals surface area (Å²) in [6.07, 6.45) is 0. The Morgan fingerprint density at radius 1 is 1.16 bits per heavy atom. The lowest BCUT2D eigenvalue weighted by molar-refractivity contribution is -0.115. The number of benzene rings is 2. The molecule has 0 atom stereocenters.